The molecular weight excluding hydrogens is 446 g/mol. The van der Waals surface area contributed by atoms with Gasteiger partial charge in [-0.25, -0.2) is 15.0 Å². The normalized spacial score (nSPS) is 14.3. The third-order valence-electron chi connectivity index (χ3n) is 5.62. The summed E-state index contributed by atoms with van der Waals surface area (Å²) in [6.07, 6.45) is 3.49. The van der Waals surface area contributed by atoms with Crippen molar-refractivity contribution in [3.63, 3.8) is 0 Å². The maximum atomic E-state index is 12.8. The van der Waals surface area contributed by atoms with E-state index in [0.717, 1.165) is 52.4 Å². The molecule has 0 radical (unpaired) electrons. The van der Waals surface area contributed by atoms with Gasteiger partial charge >= 0.3 is 0 Å². The van der Waals surface area contributed by atoms with Crippen molar-refractivity contribution in [3.05, 3.63) is 69.6 Å². The summed E-state index contributed by atoms with van der Waals surface area (Å²) in [7, 11) is 0. The Morgan fingerprint density at radius 2 is 1.91 bits per heavy atom. The van der Waals surface area contributed by atoms with Crippen molar-refractivity contribution >= 4 is 29.1 Å². The van der Waals surface area contributed by atoms with Gasteiger partial charge < -0.3 is 14.5 Å². The largest absolute Gasteiger partial charge is 0.487 e. The number of anilines is 1. The van der Waals surface area contributed by atoms with Crippen molar-refractivity contribution < 1.29 is 9.53 Å². The van der Waals surface area contributed by atoms with E-state index in [4.69, 9.17) is 9.72 Å². The number of carbonyl (C=O) groups is 1. The van der Waals surface area contributed by atoms with Crippen LogP contribution < -0.4 is 9.64 Å². The highest BCUT2D eigenvalue weighted by molar-refractivity contribution is 7.09. The van der Waals surface area contributed by atoms with E-state index in [1.807, 2.05) is 60.5 Å². The summed E-state index contributed by atoms with van der Waals surface area (Å²) in [5.74, 6) is 2.88. The van der Waals surface area contributed by atoms with E-state index in [-0.39, 0.29) is 11.8 Å². The molecule has 34 heavy (non-hydrogen) atoms. The average Bonchev–Trinajstić information content (AvgIpc) is 3.26. The van der Waals surface area contributed by atoms with Crippen LogP contribution in [0.1, 0.15) is 47.5 Å². The first-order valence-corrected chi connectivity index (χ1v) is 12.5. The number of nitrogens with zero attached hydrogens (tertiary/aromatic N) is 5. The molecule has 0 atom stereocenters. The summed E-state index contributed by atoms with van der Waals surface area (Å²) < 4.78 is 5.85. The molecule has 1 fully saturated rings. The molecule has 0 bridgehead atoms. The quantitative estimate of drug-likeness (QED) is 0.463. The SMILES string of the molecule is Cc1cc(N2CCN(C(=O)/C=C/c3cccc(OCc4csc(C)n4)c3)CC2)nc(C(C)C)n1. The molecule has 1 amide bonds. The Morgan fingerprint density at radius 1 is 1.12 bits per heavy atom. The zero-order valence-corrected chi connectivity index (χ0v) is 21.0. The number of piperazine rings is 1. The second-order valence-corrected chi connectivity index (χ2v) is 9.81. The smallest absolute Gasteiger partial charge is 0.246 e. The number of rotatable bonds is 7. The molecule has 0 unspecified atom stereocenters. The average molecular weight is 478 g/mol. The topological polar surface area (TPSA) is 71.5 Å². The van der Waals surface area contributed by atoms with Crippen LogP contribution in [0, 0.1) is 13.8 Å². The molecule has 1 aliphatic rings. The molecule has 7 nitrogen and oxygen atoms in total. The molecule has 8 heteroatoms. The van der Waals surface area contributed by atoms with Crippen LogP contribution in [0.2, 0.25) is 0 Å². The van der Waals surface area contributed by atoms with Crippen LogP contribution in [-0.4, -0.2) is 51.9 Å². The molecule has 0 aliphatic carbocycles. The first-order chi connectivity index (χ1) is 16.4. The minimum atomic E-state index is 0.0191. The van der Waals surface area contributed by atoms with Crippen LogP contribution in [0.3, 0.4) is 0 Å². The number of ether oxygens (including phenoxy) is 1. The number of hydrogen-bond acceptors (Lipinski definition) is 7. The van der Waals surface area contributed by atoms with E-state index >= 15 is 0 Å². The standard InChI is InChI=1S/C26H31N5O2S/c1-18(2)26-27-19(3)14-24(29-26)30-10-12-31(13-11-30)25(32)9-8-21-6-5-7-23(15-21)33-16-22-17-34-20(4)28-22/h5-9,14-15,17-18H,10-13,16H2,1-4H3/b9-8+. The third-order valence-corrected chi connectivity index (χ3v) is 6.44. The lowest BCUT2D eigenvalue weighted by atomic mass is 10.2. The van der Waals surface area contributed by atoms with E-state index < -0.39 is 0 Å². The van der Waals surface area contributed by atoms with E-state index in [0.29, 0.717) is 19.7 Å². The summed E-state index contributed by atoms with van der Waals surface area (Å²) in [4.78, 5) is 30.6. The lowest BCUT2D eigenvalue weighted by Gasteiger charge is -2.35. The minimum absolute atomic E-state index is 0.0191. The zero-order valence-electron chi connectivity index (χ0n) is 20.2. The van der Waals surface area contributed by atoms with Crippen LogP contribution in [0.25, 0.3) is 6.08 Å². The van der Waals surface area contributed by atoms with Crippen molar-refractivity contribution in [2.24, 2.45) is 0 Å². The van der Waals surface area contributed by atoms with Gasteiger partial charge in [-0.1, -0.05) is 26.0 Å². The third kappa shape index (κ3) is 6.20. The van der Waals surface area contributed by atoms with Gasteiger partial charge in [-0.05, 0) is 37.6 Å². The van der Waals surface area contributed by atoms with Crippen molar-refractivity contribution in [1.82, 2.24) is 19.9 Å². The van der Waals surface area contributed by atoms with Crippen molar-refractivity contribution in [3.8, 4) is 5.75 Å². The molecule has 1 aliphatic heterocycles. The fraction of sp³-hybridized carbons (Fsp3) is 0.385. The van der Waals surface area contributed by atoms with Gasteiger partial charge in [0, 0.05) is 55.3 Å². The molecule has 1 saturated heterocycles. The number of aromatic nitrogens is 3. The Hall–Kier alpha value is -3.26. The fourth-order valence-corrected chi connectivity index (χ4v) is 4.36. The Balaban J connectivity index is 1.31. The monoisotopic (exact) mass is 477 g/mol. The molecule has 0 N–H and O–H groups in total. The maximum Gasteiger partial charge on any atom is 0.246 e. The summed E-state index contributed by atoms with van der Waals surface area (Å²) >= 11 is 1.61. The fourth-order valence-electron chi connectivity index (χ4n) is 3.76. The Kier molecular flexibility index (Phi) is 7.57. The van der Waals surface area contributed by atoms with Crippen LogP contribution >= 0.6 is 11.3 Å². The molecular formula is C26H31N5O2S. The number of aryl methyl sites for hydroxylation is 2. The van der Waals surface area contributed by atoms with Gasteiger partial charge in [0.15, 0.2) is 0 Å². The van der Waals surface area contributed by atoms with Crippen LogP contribution in [-0.2, 0) is 11.4 Å². The second kappa shape index (κ2) is 10.8. The number of amides is 1. The second-order valence-electron chi connectivity index (χ2n) is 8.75. The van der Waals surface area contributed by atoms with Crippen LogP contribution in [0.5, 0.6) is 5.75 Å². The molecule has 2 aromatic heterocycles. The van der Waals surface area contributed by atoms with Gasteiger partial charge in [-0.3, -0.25) is 4.79 Å². The van der Waals surface area contributed by atoms with Crippen LogP contribution in [0.15, 0.2) is 41.8 Å². The number of thiazole rings is 1. The molecule has 3 aromatic rings. The molecule has 0 spiro atoms. The molecule has 1 aromatic carbocycles. The van der Waals surface area contributed by atoms with Gasteiger partial charge in [0.1, 0.15) is 24.0 Å². The summed E-state index contributed by atoms with van der Waals surface area (Å²) in [5, 5.41) is 3.04. The lowest BCUT2D eigenvalue weighted by Crippen LogP contribution is -2.48. The first-order valence-electron chi connectivity index (χ1n) is 11.6. The minimum Gasteiger partial charge on any atom is -0.487 e. The van der Waals surface area contributed by atoms with E-state index in [9.17, 15) is 4.79 Å². The van der Waals surface area contributed by atoms with Gasteiger partial charge in [0.2, 0.25) is 5.91 Å². The van der Waals surface area contributed by atoms with Gasteiger partial charge in [-0.2, -0.15) is 0 Å². The van der Waals surface area contributed by atoms with Gasteiger partial charge in [-0.15, -0.1) is 11.3 Å². The summed E-state index contributed by atoms with van der Waals surface area (Å²) in [6.45, 7) is 11.5. The highest BCUT2D eigenvalue weighted by Crippen LogP contribution is 2.20. The Morgan fingerprint density at radius 3 is 2.62 bits per heavy atom. The summed E-state index contributed by atoms with van der Waals surface area (Å²) in [5.41, 5.74) is 2.83. The number of benzene rings is 1. The predicted octanol–water partition coefficient (Wildman–Crippen LogP) is 4.61. The van der Waals surface area contributed by atoms with E-state index in [2.05, 4.69) is 28.7 Å². The van der Waals surface area contributed by atoms with E-state index in [1.54, 1.807) is 17.4 Å². The Bertz CT molecular complexity index is 1170. The zero-order chi connectivity index (χ0) is 24.1. The van der Waals surface area contributed by atoms with E-state index in [1.165, 1.54) is 0 Å². The first kappa shape index (κ1) is 23.9. The molecule has 0 saturated carbocycles. The molecule has 3 heterocycles. The van der Waals surface area contributed by atoms with Crippen molar-refractivity contribution in [2.45, 2.75) is 40.2 Å². The highest BCUT2D eigenvalue weighted by atomic mass is 32.1. The maximum absolute atomic E-state index is 12.8. The van der Waals surface area contributed by atoms with Crippen LogP contribution in [0.4, 0.5) is 5.82 Å². The molecule has 4 rings (SSSR count). The van der Waals surface area contributed by atoms with Gasteiger partial charge in [0.25, 0.3) is 0 Å². The number of carbonyl (C=O) groups excluding carboxylic acids is 1. The summed E-state index contributed by atoms with van der Waals surface area (Å²) in [6, 6.07) is 9.76. The Labute approximate surface area is 205 Å². The van der Waals surface area contributed by atoms with Crippen molar-refractivity contribution in [1.29, 1.82) is 0 Å². The van der Waals surface area contributed by atoms with Crippen molar-refractivity contribution in [2.75, 3.05) is 31.1 Å². The number of hydrogen-bond donors (Lipinski definition) is 0. The highest BCUT2D eigenvalue weighted by Gasteiger charge is 2.21. The van der Waals surface area contributed by atoms with Gasteiger partial charge in [0.05, 0.1) is 10.7 Å². The molecule has 178 valence electrons. The predicted molar refractivity (Wildman–Crippen MR) is 136 cm³/mol. The lowest BCUT2D eigenvalue weighted by molar-refractivity contribution is -0.126.